The van der Waals surface area contributed by atoms with E-state index in [0.29, 0.717) is 27.0 Å². The van der Waals surface area contributed by atoms with Gasteiger partial charge in [0.05, 0.1) is 16.8 Å². The molecule has 0 amide bonds. The summed E-state index contributed by atoms with van der Waals surface area (Å²) in [5.74, 6) is -0.725. The van der Waals surface area contributed by atoms with Gasteiger partial charge in [-0.25, -0.2) is 8.97 Å². The van der Waals surface area contributed by atoms with Crippen molar-refractivity contribution in [3.63, 3.8) is 0 Å². The second kappa shape index (κ2) is 7.38. The van der Waals surface area contributed by atoms with Crippen molar-refractivity contribution < 1.29 is 9.90 Å². The Morgan fingerprint density at radius 3 is 2.80 bits per heavy atom. The van der Waals surface area contributed by atoms with E-state index in [0.717, 1.165) is 46.5 Å². The quantitative estimate of drug-likeness (QED) is 0.467. The Kier molecular flexibility index (Phi) is 4.81. The summed E-state index contributed by atoms with van der Waals surface area (Å²) in [5, 5.41) is 19.2. The lowest BCUT2D eigenvalue weighted by molar-refractivity contribution is -0.133. The average molecular weight is 462 g/mol. The summed E-state index contributed by atoms with van der Waals surface area (Å²) in [6, 6.07) is 6.97. The number of aromatic nitrogens is 4. The first-order chi connectivity index (χ1) is 14.4. The van der Waals surface area contributed by atoms with Crippen LogP contribution >= 0.6 is 34.7 Å². The van der Waals surface area contributed by atoms with Crippen LogP contribution < -0.4 is 5.56 Å². The van der Waals surface area contributed by atoms with Gasteiger partial charge in [0.15, 0.2) is 5.16 Å². The normalized spacial score (nSPS) is 14.5. The maximum atomic E-state index is 13.7. The highest BCUT2D eigenvalue weighted by atomic mass is 35.5. The van der Waals surface area contributed by atoms with E-state index in [9.17, 15) is 9.59 Å². The van der Waals surface area contributed by atoms with Gasteiger partial charge in [-0.15, -0.1) is 21.5 Å². The van der Waals surface area contributed by atoms with Crippen LogP contribution in [-0.4, -0.2) is 54.5 Å². The largest absolute Gasteiger partial charge is 0.481 e. The van der Waals surface area contributed by atoms with E-state index < -0.39 is 5.97 Å². The number of thiophene rings is 1. The molecule has 1 aromatic carbocycles. The highest BCUT2D eigenvalue weighted by molar-refractivity contribution is 7.99. The second-order valence-corrected chi connectivity index (χ2v) is 9.55. The minimum atomic E-state index is -0.939. The van der Waals surface area contributed by atoms with Gasteiger partial charge in [0.25, 0.3) is 5.56 Å². The molecule has 1 N–H and O–H groups in total. The number of rotatable bonds is 4. The van der Waals surface area contributed by atoms with E-state index >= 15 is 0 Å². The predicted octanol–water partition coefficient (Wildman–Crippen LogP) is 2.91. The molecule has 0 spiro atoms. The van der Waals surface area contributed by atoms with Gasteiger partial charge in [-0.1, -0.05) is 23.4 Å². The second-order valence-electron chi connectivity index (χ2n) is 7.09. The van der Waals surface area contributed by atoms with Crippen LogP contribution in [-0.2, 0) is 17.8 Å². The van der Waals surface area contributed by atoms with Crippen molar-refractivity contribution in [1.29, 1.82) is 0 Å². The van der Waals surface area contributed by atoms with E-state index in [1.165, 1.54) is 4.57 Å². The fourth-order valence-electron chi connectivity index (χ4n) is 3.72. The fourth-order valence-corrected chi connectivity index (χ4v) is 5.98. The van der Waals surface area contributed by atoms with Crippen LogP contribution in [0.15, 0.2) is 34.2 Å². The SMILES string of the molecule is CN1CCc2c(sc3c2c(=O)n(-c2ccc(Cl)cc2)c2nnc(SCC(=O)O)n32)C1. The number of benzene rings is 1. The molecule has 0 saturated carbocycles. The Morgan fingerprint density at radius 1 is 1.30 bits per heavy atom. The summed E-state index contributed by atoms with van der Waals surface area (Å²) < 4.78 is 3.34. The van der Waals surface area contributed by atoms with E-state index in [2.05, 4.69) is 22.1 Å². The first-order valence-corrected chi connectivity index (χ1v) is 11.4. The number of aliphatic carboxylic acids is 1. The molecule has 154 valence electrons. The van der Waals surface area contributed by atoms with E-state index in [1.807, 2.05) is 4.40 Å². The highest BCUT2D eigenvalue weighted by Crippen LogP contribution is 2.35. The molecule has 0 radical (unpaired) electrons. The number of hydrogen-bond donors (Lipinski definition) is 1. The van der Waals surface area contributed by atoms with Crippen molar-refractivity contribution in [2.45, 2.75) is 18.1 Å². The molecule has 0 bridgehead atoms. The van der Waals surface area contributed by atoms with Gasteiger partial charge in [0.1, 0.15) is 4.83 Å². The first kappa shape index (κ1) is 19.6. The monoisotopic (exact) mass is 461 g/mol. The molecule has 30 heavy (non-hydrogen) atoms. The third-order valence-electron chi connectivity index (χ3n) is 5.08. The average Bonchev–Trinajstić information content (AvgIpc) is 3.28. The molecule has 1 aliphatic rings. The molecular formula is C19H16ClN5O3S2. The summed E-state index contributed by atoms with van der Waals surface area (Å²) in [6.45, 7) is 1.65. The lowest BCUT2D eigenvalue weighted by atomic mass is 10.1. The summed E-state index contributed by atoms with van der Waals surface area (Å²) in [5.41, 5.74) is 1.54. The Labute approximate surface area is 183 Å². The Bertz CT molecular complexity index is 1360. The molecule has 11 heteroatoms. The zero-order chi connectivity index (χ0) is 21.0. The van der Waals surface area contributed by atoms with Crippen LogP contribution in [0.3, 0.4) is 0 Å². The van der Waals surface area contributed by atoms with Crippen LogP contribution in [0.2, 0.25) is 5.02 Å². The number of carbonyl (C=O) groups is 1. The smallest absolute Gasteiger partial charge is 0.313 e. The van der Waals surface area contributed by atoms with Crippen molar-refractivity contribution in [3.05, 3.63) is 50.1 Å². The fraction of sp³-hybridized carbons (Fsp3) is 0.263. The van der Waals surface area contributed by atoms with Gasteiger partial charge in [0, 0.05) is 23.0 Å². The number of carboxylic acids is 1. The van der Waals surface area contributed by atoms with E-state index in [4.69, 9.17) is 16.7 Å². The van der Waals surface area contributed by atoms with E-state index in [1.54, 1.807) is 35.6 Å². The molecule has 0 atom stereocenters. The molecule has 0 aliphatic carbocycles. The highest BCUT2D eigenvalue weighted by Gasteiger charge is 2.26. The van der Waals surface area contributed by atoms with Crippen LogP contribution in [0.5, 0.6) is 0 Å². The van der Waals surface area contributed by atoms with Crippen molar-refractivity contribution in [2.24, 2.45) is 0 Å². The molecule has 8 nitrogen and oxygen atoms in total. The third kappa shape index (κ3) is 3.11. The van der Waals surface area contributed by atoms with E-state index in [-0.39, 0.29) is 11.3 Å². The van der Waals surface area contributed by atoms with Crippen LogP contribution in [0, 0.1) is 0 Å². The lowest BCUT2D eigenvalue weighted by Gasteiger charge is -2.21. The molecule has 4 heterocycles. The summed E-state index contributed by atoms with van der Waals surface area (Å²) in [7, 11) is 2.06. The molecule has 4 aromatic rings. The topological polar surface area (TPSA) is 92.7 Å². The molecule has 5 rings (SSSR count). The molecule has 1 aliphatic heterocycles. The number of nitrogens with zero attached hydrogens (tertiary/aromatic N) is 5. The van der Waals surface area contributed by atoms with Gasteiger partial charge >= 0.3 is 5.97 Å². The number of halogens is 1. The van der Waals surface area contributed by atoms with Gasteiger partial charge < -0.3 is 10.0 Å². The van der Waals surface area contributed by atoms with Crippen LogP contribution in [0.1, 0.15) is 10.4 Å². The van der Waals surface area contributed by atoms with Crippen LogP contribution in [0.4, 0.5) is 0 Å². The Morgan fingerprint density at radius 2 is 2.07 bits per heavy atom. The van der Waals surface area contributed by atoms with Crippen molar-refractivity contribution in [3.8, 4) is 5.69 Å². The van der Waals surface area contributed by atoms with Crippen LogP contribution in [0.25, 0.3) is 21.7 Å². The molecule has 0 unspecified atom stereocenters. The summed E-state index contributed by atoms with van der Waals surface area (Å²) in [6.07, 6.45) is 0.785. The minimum Gasteiger partial charge on any atom is -0.481 e. The number of carboxylic acid groups (broad SMARTS) is 1. The number of thioether (sulfide) groups is 1. The third-order valence-corrected chi connectivity index (χ3v) is 7.44. The molecule has 0 saturated heterocycles. The number of fused-ring (bicyclic) bond motifs is 5. The minimum absolute atomic E-state index is 0.143. The van der Waals surface area contributed by atoms with Gasteiger partial charge in [-0.2, -0.15) is 0 Å². The van der Waals surface area contributed by atoms with Gasteiger partial charge in [0.2, 0.25) is 5.78 Å². The summed E-state index contributed by atoms with van der Waals surface area (Å²) >= 11 is 8.68. The maximum Gasteiger partial charge on any atom is 0.313 e. The van der Waals surface area contributed by atoms with Crippen molar-refractivity contribution >= 4 is 56.7 Å². The Hall–Kier alpha value is -2.40. The standard InChI is InChI=1S/C19H16ClN5O3S2/c1-23-7-6-12-13(8-23)30-17-15(12)16(28)24(11-4-2-10(20)3-5-11)18-21-22-19(25(17)18)29-9-14(26)27/h2-5H,6-9H2,1H3,(H,26,27). The molecule has 0 fully saturated rings. The maximum absolute atomic E-state index is 13.7. The Balaban J connectivity index is 1.86. The van der Waals surface area contributed by atoms with Crippen molar-refractivity contribution in [2.75, 3.05) is 19.3 Å². The summed E-state index contributed by atoms with van der Waals surface area (Å²) in [4.78, 5) is 28.9. The number of likely N-dealkylation sites (N-methyl/N-ethyl adjacent to an activating group) is 1. The zero-order valence-electron chi connectivity index (χ0n) is 15.8. The lowest BCUT2D eigenvalue weighted by Crippen LogP contribution is -2.27. The zero-order valence-corrected chi connectivity index (χ0v) is 18.2. The van der Waals surface area contributed by atoms with Crippen molar-refractivity contribution in [1.82, 2.24) is 24.1 Å². The predicted molar refractivity (Wildman–Crippen MR) is 117 cm³/mol. The first-order valence-electron chi connectivity index (χ1n) is 9.17. The van der Waals surface area contributed by atoms with Gasteiger partial charge in [-0.3, -0.25) is 9.59 Å². The molecule has 3 aromatic heterocycles. The number of hydrogen-bond acceptors (Lipinski definition) is 7. The van der Waals surface area contributed by atoms with Gasteiger partial charge in [-0.05, 0) is 43.3 Å². The molecular weight excluding hydrogens is 446 g/mol.